The maximum absolute atomic E-state index is 3.65. The van der Waals surface area contributed by atoms with Gasteiger partial charge in [0.1, 0.15) is 0 Å². The van der Waals surface area contributed by atoms with Crippen LogP contribution in [0.1, 0.15) is 26.7 Å². The molecule has 1 fully saturated rings. The molecule has 0 aromatic rings. The molecule has 0 aliphatic carbocycles. The number of nitrogens with one attached hydrogen (secondary N) is 1. The summed E-state index contributed by atoms with van der Waals surface area (Å²) in [6.45, 7) is 13.1. The van der Waals surface area contributed by atoms with Gasteiger partial charge in [-0.05, 0) is 25.3 Å². The SMILES string of the molecule is CC(C)C1NCCC/C1=C\[Si](C)(C)C. The number of hydrogen-bond acceptors (Lipinski definition) is 1. The van der Waals surface area contributed by atoms with Crippen LogP contribution in [0.15, 0.2) is 11.3 Å². The minimum absolute atomic E-state index is 0.649. The normalized spacial score (nSPS) is 27.3. The molecule has 0 bridgehead atoms. The Balaban J connectivity index is 2.77. The van der Waals surface area contributed by atoms with E-state index in [1.807, 2.05) is 0 Å². The third-order valence-electron chi connectivity index (χ3n) is 2.69. The van der Waals surface area contributed by atoms with Gasteiger partial charge in [-0.1, -0.05) is 44.8 Å². The summed E-state index contributed by atoms with van der Waals surface area (Å²) < 4.78 is 0. The minimum Gasteiger partial charge on any atom is -0.310 e. The predicted molar refractivity (Wildman–Crippen MR) is 67.3 cm³/mol. The van der Waals surface area contributed by atoms with Crippen LogP contribution in [0.2, 0.25) is 19.6 Å². The molecule has 1 N–H and O–H groups in total. The molecule has 1 unspecified atom stereocenters. The second-order valence-corrected chi connectivity index (χ2v) is 10.9. The summed E-state index contributed by atoms with van der Waals surface area (Å²) >= 11 is 0. The lowest BCUT2D eigenvalue weighted by molar-refractivity contribution is 0.400. The topological polar surface area (TPSA) is 12.0 Å². The van der Waals surface area contributed by atoms with Crippen molar-refractivity contribution in [3.8, 4) is 0 Å². The van der Waals surface area contributed by atoms with Crippen LogP contribution in [0, 0.1) is 5.92 Å². The van der Waals surface area contributed by atoms with E-state index in [1.165, 1.54) is 19.4 Å². The summed E-state index contributed by atoms with van der Waals surface area (Å²) in [7, 11) is -1.03. The summed E-state index contributed by atoms with van der Waals surface area (Å²) in [6, 6.07) is 0.649. The van der Waals surface area contributed by atoms with Crippen molar-refractivity contribution in [2.24, 2.45) is 5.92 Å². The lowest BCUT2D eigenvalue weighted by atomic mass is 9.91. The van der Waals surface area contributed by atoms with Crippen LogP contribution >= 0.6 is 0 Å². The minimum atomic E-state index is -1.03. The average Bonchev–Trinajstić information content (AvgIpc) is 2.01. The molecular formula is C12H25NSi. The van der Waals surface area contributed by atoms with Crippen molar-refractivity contribution in [3.05, 3.63) is 11.3 Å². The van der Waals surface area contributed by atoms with Crippen LogP contribution in [-0.4, -0.2) is 20.7 Å². The first-order valence-corrected chi connectivity index (χ1v) is 9.43. The maximum Gasteiger partial charge on any atom is 0.0687 e. The molecule has 14 heavy (non-hydrogen) atoms. The Morgan fingerprint density at radius 1 is 1.36 bits per heavy atom. The van der Waals surface area contributed by atoms with Gasteiger partial charge in [-0.25, -0.2) is 0 Å². The molecule has 82 valence electrons. The Morgan fingerprint density at radius 2 is 2.00 bits per heavy atom. The quantitative estimate of drug-likeness (QED) is 0.692. The Labute approximate surface area is 90.0 Å². The molecule has 1 heterocycles. The second-order valence-electron chi connectivity index (χ2n) is 5.86. The van der Waals surface area contributed by atoms with Crippen LogP contribution in [0.4, 0.5) is 0 Å². The van der Waals surface area contributed by atoms with E-state index in [9.17, 15) is 0 Å². The third-order valence-corrected chi connectivity index (χ3v) is 3.93. The third kappa shape index (κ3) is 3.58. The van der Waals surface area contributed by atoms with E-state index in [1.54, 1.807) is 5.57 Å². The zero-order valence-electron chi connectivity index (χ0n) is 10.4. The molecule has 0 radical (unpaired) electrons. The molecule has 1 atom stereocenters. The molecule has 2 heteroatoms. The van der Waals surface area contributed by atoms with Crippen molar-refractivity contribution in [1.29, 1.82) is 0 Å². The molecular weight excluding hydrogens is 186 g/mol. The highest BCUT2D eigenvalue weighted by Gasteiger charge is 2.23. The van der Waals surface area contributed by atoms with Crippen LogP contribution in [0.5, 0.6) is 0 Å². The Bertz CT molecular complexity index is 213. The lowest BCUT2D eigenvalue weighted by Crippen LogP contribution is -2.41. The van der Waals surface area contributed by atoms with Crippen LogP contribution in [0.25, 0.3) is 0 Å². The molecule has 1 nitrogen and oxygen atoms in total. The number of rotatable bonds is 2. The number of piperidine rings is 1. The van der Waals surface area contributed by atoms with Gasteiger partial charge < -0.3 is 5.32 Å². The molecule has 0 spiro atoms. The molecule has 1 saturated heterocycles. The molecule has 0 amide bonds. The van der Waals surface area contributed by atoms with E-state index in [0.717, 1.165) is 5.92 Å². The average molecular weight is 211 g/mol. The highest BCUT2D eigenvalue weighted by atomic mass is 28.3. The molecule has 1 aliphatic rings. The van der Waals surface area contributed by atoms with Gasteiger partial charge in [0, 0.05) is 6.04 Å². The fraction of sp³-hybridized carbons (Fsp3) is 0.833. The largest absolute Gasteiger partial charge is 0.310 e. The summed E-state index contributed by atoms with van der Waals surface area (Å²) in [5, 5.41) is 3.65. The van der Waals surface area contributed by atoms with E-state index >= 15 is 0 Å². The van der Waals surface area contributed by atoms with Crippen LogP contribution in [0.3, 0.4) is 0 Å². The molecule has 0 aromatic heterocycles. The lowest BCUT2D eigenvalue weighted by Gasteiger charge is -2.31. The molecule has 1 rings (SSSR count). The van der Waals surface area contributed by atoms with Crippen molar-refractivity contribution < 1.29 is 0 Å². The summed E-state index contributed by atoms with van der Waals surface area (Å²) in [5.41, 5.74) is 4.29. The van der Waals surface area contributed by atoms with Crippen molar-refractivity contribution in [2.45, 2.75) is 52.4 Å². The van der Waals surface area contributed by atoms with Crippen molar-refractivity contribution in [2.75, 3.05) is 6.54 Å². The van der Waals surface area contributed by atoms with E-state index < -0.39 is 8.07 Å². The Kier molecular flexibility index (Phi) is 3.96. The van der Waals surface area contributed by atoms with Crippen molar-refractivity contribution >= 4 is 8.07 Å². The fourth-order valence-corrected chi connectivity index (χ4v) is 3.65. The van der Waals surface area contributed by atoms with E-state index in [2.05, 4.69) is 44.5 Å². The fourth-order valence-electron chi connectivity index (χ4n) is 2.22. The van der Waals surface area contributed by atoms with Crippen LogP contribution in [-0.2, 0) is 0 Å². The van der Waals surface area contributed by atoms with Gasteiger partial charge in [-0.2, -0.15) is 0 Å². The van der Waals surface area contributed by atoms with E-state index in [4.69, 9.17) is 0 Å². The molecule has 1 aliphatic heterocycles. The maximum atomic E-state index is 3.65. The van der Waals surface area contributed by atoms with Crippen LogP contribution < -0.4 is 5.32 Å². The molecule has 0 saturated carbocycles. The summed E-state index contributed by atoms with van der Waals surface area (Å²) in [5.74, 6) is 0.734. The van der Waals surface area contributed by atoms with E-state index in [0.29, 0.717) is 6.04 Å². The van der Waals surface area contributed by atoms with Crippen molar-refractivity contribution in [1.82, 2.24) is 5.32 Å². The monoisotopic (exact) mass is 211 g/mol. The van der Waals surface area contributed by atoms with Gasteiger partial charge in [0.15, 0.2) is 0 Å². The van der Waals surface area contributed by atoms with Gasteiger partial charge in [0.2, 0.25) is 0 Å². The van der Waals surface area contributed by atoms with E-state index in [-0.39, 0.29) is 0 Å². The highest BCUT2D eigenvalue weighted by molar-refractivity contribution is 6.81. The first-order chi connectivity index (χ1) is 6.40. The summed E-state index contributed by atoms with van der Waals surface area (Å²) in [6.07, 6.45) is 2.64. The first-order valence-electron chi connectivity index (χ1n) is 5.85. The smallest absolute Gasteiger partial charge is 0.0687 e. The predicted octanol–water partition coefficient (Wildman–Crippen LogP) is 3.20. The Morgan fingerprint density at radius 3 is 2.50 bits per heavy atom. The Hall–Kier alpha value is -0.0831. The summed E-state index contributed by atoms with van der Waals surface area (Å²) in [4.78, 5) is 0. The zero-order valence-corrected chi connectivity index (χ0v) is 11.4. The highest BCUT2D eigenvalue weighted by Crippen LogP contribution is 2.23. The molecule has 0 aromatic carbocycles. The number of hydrogen-bond donors (Lipinski definition) is 1. The van der Waals surface area contributed by atoms with Gasteiger partial charge in [0.25, 0.3) is 0 Å². The standard InChI is InChI=1S/C12H25NSi/c1-10(2)12-11(7-6-8-13-12)9-14(3,4)5/h9-10,12-13H,6-8H2,1-5H3/b11-9+. The van der Waals surface area contributed by atoms with Gasteiger partial charge >= 0.3 is 0 Å². The van der Waals surface area contributed by atoms with Gasteiger partial charge in [-0.15, -0.1) is 0 Å². The van der Waals surface area contributed by atoms with Gasteiger partial charge in [-0.3, -0.25) is 0 Å². The van der Waals surface area contributed by atoms with Gasteiger partial charge in [0.05, 0.1) is 8.07 Å². The van der Waals surface area contributed by atoms with Crippen molar-refractivity contribution in [3.63, 3.8) is 0 Å². The second kappa shape index (κ2) is 4.62. The first kappa shape index (κ1) is 12.0. The zero-order chi connectivity index (χ0) is 10.8.